The average molecular weight is 279 g/mol. The van der Waals surface area contributed by atoms with Crippen molar-refractivity contribution >= 4 is 11.0 Å². The zero-order valence-corrected chi connectivity index (χ0v) is 11.3. The van der Waals surface area contributed by atoms with Gasteiger partial charge in [-0.15, -0.1) is 10.2 Å². The number of fused-ring (bicyclic) bond motifs is 1. The lowest BCUT2D eigenvalue weighted by molar-refractivity contribution is 0.144. The lowest BCUT2D eigenvalue weighted by Crippen LogP contribution is -2.27. The Bertz CT molecular complexity index is 644. The molecule has 0 aliphatic heterocycles. The van der Waals surface area contributed by atoms with Gasteiger partial charge in [0.1, 0.15) is 6.61 Å². The third-order valence-corrected chi connectivity index (χ3v) is 3.57. The SMILES string of the molecule is COCCOc1n[nH]c2c(=O)n(C3CCCC3)nnc12. The van der Waals surface area contributed by atoms with Crippen LogP contribution in [0, 0.1) is 0 Å². The van der Waals surface area contributed by atoms with Crippen molar-refractivity contribution in [2.75, 3.05) is 20.3 Å². The van der Waals surface area contributed by atoms with Gasteiger partial charge in [-0.1, -0.05) is 18.1 Å². The minimum Gasteiger partial charge on any atom is -0.473 e. The highest BCUT2D eigenvalue weighted by Crippen LogP contribution is 2.27. The fourth-order valence-electron chi connectivity index (χ4n) is 2.52. The summed E-state index contributed by atoms with van der Waals surface area (Å²) in [5, 5.41) is 14.8. The highest BCUT2D eigenvalue weighted by atomic mass is 16.5. The highest BCUT2D eigenvalue weighted by Gasteiger charge is 2.22. The molecule has 2 heterocycles. The van der Waals surface area contributed by atoms with Crippen molar-refractivity contribution in [3.05, 3.63) is 10.4 Å². The molecule has 20 heavy (non-hydrogen) atoms. The fraction of sp³-hybridized carbons (Fsp3) is 0.667. The summed E-state index contributed by atoms with van der Waals surface area (Å²) in [6.45, 7) is 0.796. The van der Waals surface area contributed by atoms with E-state index >= 15 is 0 Å². The van der Waals surface area contributed by atoms with Crippen molar-refractivity contribution in [1.82, 2.24) is 25.2 Å². The molecular formula is C12H17N5O3. The molecule has 1 N–H and O–H groups in total. The van der Waals surface area contributed by atoms with E-state index in [0.29, 0.717) is 30.1 Å². The minimum absolute atomic E-state index is 0.153. The molecule has 1 aliphatic rings. The predicted octanol–water partition coefficient (Wildman–Crippen LogP) is 0.655. The number of hydrogen-bond acceptors (Lipinski definition) is 6. The Morgan fingerprint density at radius 1 is 1.35 bits per heavy atom. The van der Waals surface area contributed by atoms with Crippen molar-refractivity contribution in [3.8, 4) is 5.88 Å². The van der Waals surface area contributed by atoms with Gasteiger partial charge in [-0.3, -0.25) is 9.89 Å². The van der Waals surface area contributed by atoms with Gasteiger partial charge in [-0.2, -0.15) is 0 Å². The topological polar surface area (TPSA) is 94.9 Å². The van der Waals surface area contributed by atoms with E-state index in [1.807, 2.05) is 0 Å². The van der Waals surface area contributed by atoms with Crippen LogP contribution in [0.3, 0.4) is 0 Å². The van der Waals surface area contributed by atoms with Gasteiger partial charge in [-0.05, 0) is 12.8 Å². The van der Waals surface area contributed by atoms with E-state index < -0.39 is 0 Å². The second-order valence-electron chi connectivity index (χ2n) is 4.87. The Morgan fingerprint density at radius 2 is 2.15 bits per heavy atom. The fourth-order valence-corrected chi connectivity index (χ4v) is 2.52. The molecule has 108 valence electrons. The van der Waals surface area contributed by atoms with Crippen LogP contribution in [0.25, 0.3) is 11.0 Å². The lowest BCUT2D eigenvalue weighted by Gasteiger charge is -2.09. The van der Waals surface area contributed by atoms with E-state index in [1.54, 1.807) is 7.11 Å². The zero-order chi connectivity index (χ0) is 13.9. The second kappa shape index (κ2) is 5.58. The van der Waals surface area contributed by atoms with Crippen LogP contribution in [-0.4, -0.2) is 45.5 Å². The molecule has 8 nitrogen and oxygen atoms in total. The number of methoxy groups -OCH3 is 1. The monoisotopic (exact) mass is 279 g/mol. The Kier molecular flexibility index (Phi) is 3.64. The van der Waals surface area contributed by atoms with Gasteiger partial charge in [-0.25, -0.2) is 4.68 Å². The number of ether oxygens (including phenoxy) is 2. The molecule has 0 atom stereocenters. The molecular weight excluding hydrogens is 262 g/mol. The maximum atomic E-state index is 12.4. The third kappa shape index (κ3) is 2.26. The largest absolute Gasteiger partial charge is 0.473 e. The number of nitrogens with zero attached hydrogens (tertiary/aromatic N) is 4. The number of hydrogen-bond donors (Lipinski definition) is 1. The second-order valence-corrected chi connectivity index (χ2v) is 4.87. The molecule has 0 amide bonds. The molecule has 0 aromatic carbocycles. The standard InChI is InChI=1S/C12H17N5O3/c1-19-6-7-20-11-9-10(13-15-11)12(18)17(16-14-9)8-4-2-3-5-8/h8H,2-7H2,1H3,(H,13,15). The normalized spacial score (nSPS) is 16.1. The van der Waals surface area contributed by atoms with Crippen molar-refractivity contribution in [2.45, 2.75) is 31.7 Å². The van der Waals surface area contributed by atoms with Crippen LogP contribution in [0.4, 0.5) is 0 Å². The van der Waals surface area contributed by atoms with Gasteiger partial charge in [0.2, 0.25) is 0 Å². The first-order valence-corrected chi connectivity index (χ1v) is 6.76. The van der Waals surface area contributed by atoms with Crippen LogP contribution in [-0.2, 0) is 4.74 Å². The Morgan fingerprint density at radius 3 is 2.90 bits per heavy atom. The molecule has 3 rings (SSSR count). The van der Waals surface area contributed by atoms with Gasteiger partial charge in [0.15, 0.2) is 11.0 Å². The predicted molar refractivity (Wildman–Crippen MR) is 70.8 cm³/mol. The van der Waals surface area contributed by atoms with Gasteiger partial charge < -0.3 is 9.47 Å². The van der Waals surface area contributed by atoms with Crippen LogP contribution >= 0.6 is 0 Å². The van der Waals surface area contributed by atoms with Crippen LogP contribution in [0.15, 0.2) is 4.79 Å². The summed E-state index contributed by atoms with van der Waals surface area (Å²) in [5.74, 6) is 0.292. The van der Waals surface area contributed by atoms with Crippen LogP contribution in [0.1, 0.15) is 31.7 Å². The van der Waals surface area contributed by atoms with Gasteiger partial charge >= 0.3 is 0 Å². The summed E-state index contributed by atoms with van der Waals surface area (Å²) in [4.78, 5) is 12.4. The first-order valence-electron chi connectivity index (χ1n) is 6.76. The molecule has 1 fully saturated rings. The minimum atomic E-state index is -0.184. The summed E-state index contributed by atoms with van der Waals surface area (Å²) in [6, 6.07) is 0.153. The summed E-state index contributed by atoms with van der Waals surface area (Å²) in [7, 11) is 1.59. The number of H-pyrrole nitrogens is 1. The van der Waals surface area contributed by atoms with Crippen LogP contribution in [0.5, 0.6) is 5.88 Å². The molecule has 0 unspecified atom stereocenters. The molecule has 1 aliphatic carbocycles. The zero-order valence-electron chi connectivity index (χ0n) is 11.3. The van der Waals surface area contributed by atoms with Crippen molar-refractivity contribution in [1.29, 1.82) is 0 Å². The van der Waals surface area contributed by atoms with E-state index in [-0.39, 0.29) is 11.6 Å². The number of nitrogens with one attached hydrogen (secondary N) is 1. The molecule has 0 bridgehead atoms. The maximum absolute atomic E-state index is 12.4. The van der Waals surface area contributed by atoms with Crippen molar-refractivity contribution in [3.63, 3.8) is 0 Å². The summed E-state index contributed by atoms with van der Waals surface area (Å²) < 4.78 is 11.8. The number of aromatic nitrogens is 5. The highest BCUT2D eigenvalue weighted by molar-refractivity contribution is 5.77. The lowest BCUT2D eigenvalue weighted by atomic mass is 10.2. The van der Waals surface area contributed by atoms with Crippen molar-refractivity contribution in [2.24, 2.45) is 0 Å². The smallest absolute Gasteiger partial charge is 0.296 e. The van der Waals surface area contributed by atoms with Gasteiger partial charge in [0.25, 0.3) is 11.4 Å². The number of rotatable bonds is 5. The van der Waals surface area contributed by atoms with E-state index in [9.17, 15) is 4.79 Å². The van der Waals surface area contributed by atoms with E-state index in [0.717, 1.165) is 25.7 Å². The van der Waals surface area contributed by atoms with Crippen molar-refractivity contribution < 1.29 is 9.47 Å². The van der Waals surface area contributed by atoms with E-state index in [1.165, 1.54) is 4.68 Å². The first-order chi connectivity index (χ1) is 9.81. The molecule has 2 aromatic rings. The number of aromatic amines is 1. The quantitative estimate of drug-likeness (QED) is 0.808. The molecule has 0 saturated heterocycles. The van der Waals surface area contributed by atoms with Crippen LogP contribution in [0.2, 0.25) is 0 Å². The molecule has 0 radical (unpaired) electrons. The maximum Gasteiger partial charge on any atom is 0.296 e. The average Bonchev–Trinajstić information content (AvgIpc) is 3.09. The first kappa shape index (κ1) is 13.0. The summed E-state index contributed by atoms with van der Waals surface area (Å²) in [5.41, 5.74) is 0.538. The molecule has 1 saturated carbocycles. The van der Waals surface area contributed by atoms with E-state index in [4.69, 9.17) is 9.47 Å². The third-order valence-electron chi connectivity index (χ3n) is 3.57. The Labute approximate surface area is 115 Å². The summed E-state index contributed by atoms with van der Waals surface area (Å²) >= 11 is 0. The Balaban J connectivity index is 1.91. The van der Waals surface area contributed by atoms with Crippen LogP contribution < -0.4 is 10.3 Å². The summed E-state index contributed by atoms with van der Waals surface area (Å²) in [6.07, 6.45) is 4.22. The van der Waals surface area contributed by atoms with Gasteiger partial charge in [0.05, 0.1) is 12.6 Å². The molecule has 2 aromatic heterocycles. The molecule has 0 spiro atoms. The molecule has 8 heteroatoms. The van der Waals surface area contributed by atoms with E-state index in [2.05, 4.69) is 20.5 Å². The van der Waals surface area contributed by atoms with Gasteiger partial charge in [0, 0.05) is 7.11 Å². The Hall–Kier alpha value is -1.96.